The van der Waals surface area contributed by atoms with E-state index in [4.69, 9.17) is 9.97 Å². The molecular formula is C47H28N2S2. The van der Waals surface area contributed by atoms with Gasteiger partial charge in [0.2, 0.25) is 0 Å². The fraction of sp³-hybridized carbons (Fsp3) is 0.0213. The van der Waals surface area contributed by atoms with E-state index in [1.807, 2.05) is 29.2 Å². The van der Waals surface area contributed by atoms with Crippen molar-refractivity contribution in [1.29, 1.82) is 0 Å². The Morgan fingerprint density at radius 2 is 1.04 bits per heavy atom. The summed E-state index contributed by atoms with van der Waals surface area (Å²) in [5, 5.41) is 2.59. The third kappa shape index (κ3) is 4.12. The highest BCUT2D eigenvalue weighted by Gasteiger charge is 2.51. The number of rotatable bonds is 3. The number of hydrogen-bond donors (Lipinski definition) is 0. The molecule has 2 nitrogen and oxygen atoms in total. The van der Waals surface area contributed by atoms with E-state index in [9.17, 15) is 0 Å². The highest BCUT2D eigenvalue weighted by atomic mass is 32.2. The Bertz CT molecular complexity index is 2730. The van der Waals surface area contributed by atoms with E-state index in [1.165, 1.54) is 63.3 Å². The predicted octanol–water partition coefficient (Wildman–Crippen LogP) is 12.7. The first kappa shape index (κ1) is 29.0. The molecule has 0 atom stereocenters. The SMILES string of the molecule is c1ccc(-c2cc(-c3cc4c(c5c3sc3ccccc35)-c3ccccc3C43c4ccccc4Sc4ccccc43)nc(-c3ccccc3)n2)cc1. The summed E-state index contributed by atoms with van der Waals surface area (Å²) < 4.78 is 2.53. The van der Waals surface area contributed by atoms with E-state index in [2.05, 4.69) is 164 Å². The zero-order valence-electron chi connectivity index (χ0n) is 27.4. The molecule has 3 heterocycles. The lowest BCUT2D eigenvalue weighted by Crippen LogP contribution is -2.32. The summed E-state index contributed by atoms with van der Waals surface area (Å²) in [5.41, 5.74) is 12.5. The lowest BCUT2D eigenvalue weighted by Gasteiger charge is -2.39. The standard InChI is InChI=1S/C47H28N2S2/c1-3-15-29(16-4-1)38-28-39(49-46(48-38)30-17-5-2-6-18-30)33-27-37-43(44-32-20-8-12-24-40(32)51-45(33)44)31-19-7-9-21-34(31)47(37)35-22-10-13-25-41(35)50-42-26-14-11-23-36(42)47/h1-28H. The Morgan fingerprint density at radius 1 is 0.451 bits per heavy atom. The van der Waals surface area contributed by atoms with Crippen molar-refractivity contribution in [3.63, 3.8) is 0 Å². The Balaban J connectivity index is 1.32. The average molecular weight is 685 g/mol. The van der Waals surface area contributed by atoms with Gasteiger partial charge in [0.15, 0.2) is 5.82 Å². The second-order valence-electron chi connectivity index (χ2n) is 13.2. The molecule has 4 heteroatoms. The largest absolute Gasteiger partial charge is 0.228 e. The summed E-state index contributed by atoms with van der Waals surface area (Å²) in [6, 6.07) is 61.6. The van der Waals surface area contributed by atoms with Crippen LogP contribution in [0.25, 0.3) is 65.2 Å². The summed E-state index contributed by atoms with van der Waals surface area (Å²) >= 11 is 3.75. The minimum atomic E-state index is -0.492. The van der Waals surface area contributed by atoms with Gasteiger partial charge in [0.1, 0.15) is 0 Å². The van der Waals surface area contributed by atoms with Crippen molar-refractivity contribution in [2.75, 3.05) is 0 Å². The second-order valence-corrected chi connectivity index (χ2v) is 15.4. The van der Waals surface area contributed by atoms with Crippen molar-refractivity contribution in [2.24, 2.45) is 0 Å². The van der Waals surface area contributed by atoms with E-state index < -0.39 is 5.41 Å². The Kier molecular flexibility index (Phi) is 6.30. The summed E-state index contributed by atoms with van der Waals surface area (Å²) in [5.74, 6) is 0.726. The van der Waals surface area contributed by atoms with Crippen LogP contribution >= 0.6 is 23.1 Å². The highest BCUT2D eigenvalue weighted by molar-refractivity contribution is 7.99. The third-order valence-electron chi connectivity index (χ3n) is 10.6. The van der Waals surface area contributed by atoms with Crippen molar-refractivity contribution in [3.8, 4) is 45.0 Å². The van der Waals surface area contributed by atoms with Crippen molar-refractivity contribution in [1.82, 2.24) is 9.97 Å². The molecule has 0 unspecified atom stereocenters. The van der Waals surface area contributed by atoms with Gasteiger partial charge in [0.25, 0.3) is 0 Å². The molecule has 1 aliphatic heterocycles. The van der Waals surface area contributed by atoms with Crippen LogP contribution in [-0.2, 0) is 5.41 Å². The fourth-order valence-corrected chi connectivity index (χ4v) is 10.9. The third-order valence-corrected chi connectivity index (χ3v) is 12.9. The van der Waals surface area contributed by atoms with Crippen molar-refractivity contribution in [2.45, 2.75) is 15.2 Å². The molecular weight excluding hydrogens is 657 g/mol. The molecule has 11 rings (SSSR count). The van der Waals surface area contributed by atoms with Crippen molar-refractivity contribution < 1.29 is 0 Å². The molecule has 51 heavy (non-hydrogen) atoms. The minimum absolute atomic E-state index is 0.492. The maximum Gasteiger partial charge on any atom is 0.160 e. The molecule has 0 radical (unpaired) electrons. The quantitative estimate of drug-likeness (QED) is 0.185. The zero-order chi connectivity index (χ0) is 33.5. The maximum atomic E-state index is 5.41. The molecule has 0 N–H and O–H groups in total. The first-order valence-electron chi connectivity index (χ1n) is 17.2. The Hall–Kier alpha value is -5.81. The molecule has 2 aliphatic rings. The summed E-state index contributed by atoms with van der Waals surface area (Å²) in [4.78, 5) is 13.2. The van der Waals surface area contributed by atoms with E-state index in [-0.39, 0.29) is 0 Å². The molecule has 0 saturated carbocycles. The predicted molar refractivity (Wildman–Crippen MR) is 213 cm³/mol. The molecule has 0 amide bonds. The topological polar surface area (TPSA) is 25.8 Å². The Labute approximate surface area is 304 Å². The smallest absolute Gasteiger partial charge is 0.160 e. The lowest BCUT2D eigenvalue weighted by molar-refractivity contribution is 0.723. The molecule has 1 aliphatic carbocycles. The van der Waals surface area contributed by atoms with Crippen LogP contribution in [0.2, 0.25) is 0 Å². The van der Waals surface area contributed by atoms with Gasteiger partial charge in [-0.05, 0) is 63.7 Å². The number of hydrogen-bond acceptors (Lipinski definition) is 4. The number of thiophene rings is 1. The van der Waals surface area contributed by atoms with Gasteiger partial charge in [-0.25, -0.2) is 9.97 Å². The van der Waals surface area contributed by atoms with Crippen molar-refractivity contribution >= 4 is 43.3 Å². The van der Waals surface area contributed by atoms with Crippen LogP contribution < -0.4 is 0 Å². The molecule has 0 fully saturated rings. The van der Waals surface area contributed by atoms with Crippen LogP contribution in [0.5, 0.6) is 0 Å². The Morgan fingerprint density at radius 3 is 1.78 bits per heavy atom. The minimum Gasteiger partial charge on any atom is -0.228 e. The van der Waals surface area contributed by atoms with Gasteiger partial charge in [-0.2, -0.15) is 0 Å². The summed E-state index contributed by atoms with van der Waals surface area (Å²) in [6.45, 7) is 0. The van der Waals surface area contributed by atoms with Gasteiger partial charge < -0.3 is 0 Å². The average Bonchev–Trinajstić information content (AvgIpc) is 3.72. The van der Waals surface area contributed by atoms with E-state index in [0.29, 0.717) is 0 Å². The van der Waals surface area contributed by atoms with E-state index >= 15 is 0 Å². The number of nitrogens with zero attached hydrogens (tertiary/aromatic N) is 2. The monoisotopic (exact) mass is 684 g/mol. The van der Waals surface area contributed by atoms with Gasteiger partial charge in [0, 0.05) is 46.7 Å². The van der Waals surface area contributed by atoms with Gasteiger partial charge >= 0.3 is 0 Å². The van der Waals surface area contributed by atoms with Gasteiger partial charge in [-0.3, -0.25) is 0 Å². The van der Waals surface area contributed by atoms with Crippen LogP contribution in [0.1, 0.15) is 22.3 Å². The van der Waals surface area contributed by atoms with Crippen LogP contribution in [0.3, 0.4) is 0 Å². The molecule has 238 valence electrons. The maximum absolute atomic E-state index is 5.41. The molecule has 0 bridgehead atoms. The van der Waals surface area contributed by atoms with E-state index in [1.54, 1.807) is 0 Å². The first-order chi connectivity index (χ1) is 25.3. The highest BCUT2D eigenvalue weighted by Crippen LogP contribution is 2.64. The van der Waals surface area contributed by atoms with Crippen LogP contribution in [0.15, 0.2) is 180 Å². The fourth-order valence-electron chi connectivity index (χ4n) is 8.47. The zero-order valence-corrected chi connectivity index (χ0v) is 29.0. The summed E-state index contributed by atoms with van der Waals surface area (Å²) in [7, 11) is 0. The molecule has 0 saturated heterocycles. The van der Waals surface area contributed by atoms with Gasteiger partial charge in [-0.15, -0.1) is 11.3 Å². The van der Waals surface area contributed by atoms with Crippen LogP contribution in [0, 0.1) is 0 Å². The molecule has 7 aromatic carbocycles. The number of benzene rings is 7. The van der Waals surface area contributed by atoms with Gasteiger partial charge in [0.05, 0.1) is 16.8 Å². The first-order valence-corrected chi connectivity index (χ1v) is 18.9. The van der Waals surface area contributed by atoms with Gasteiger partial charge in [-0.1, -0.05) is 151 Å². The normalized spacial score (nSPS) is 13.6. The molecule has 1 spiro atoms. The van der Waals surface area contributed by atoms with E-state index in [0.717, 1.165) is 33.9 Å². The van der Waals surface area contributed by atoms with Crippen molar-refractivity contribution in [3.05, 3.63) is 192 Å². The molecule has 9 aromatic rings. The second kappa shape index (κ2) is 11.1. The lowest BCUT2D eigenvalue weighted by atomic mass is 9.67. The molecule has 2 aromatic heterocycles. The van der Waals surface area contributed by atoms with Crippen LogP contribution in [-0.4, -0.2) is 9.97 Å². The summed E-state index contributed by atoms with van der Waals surface area (Å²) in [6.07, 6.45) is 0. The van der Waals surface area contributed by atoms with Crippen LogP contribution in [0.4, 0.5) is 0 Å². The number of aromatic nitrogens is 2. The number of fused-ring (bicyclic) bond motifs is 13.